The van der Waals surface area contributed by atoms with Crippen molar-refractivity contribution in [3.8, 4) is 5.75 Å². The van der Waals surface area contributed by atoms with Gasteiger partial charge in [-0.3, -0.25) is 4.98 Å². The van der Waals surface area contributed by atoms with E-state index in [2.05, 4.69) is 26.2 Å². The van der Waals surface area contributed by atoms with Gasteiger partial charge in [0.1, 0.15) is 5.75 Å². The van der Waals surface area contributed by atoms with E-state index >= 15 is 0 Å². The summed E-state index contributed by atoms with van der Waals surface area (Å²) < 4.78 is 6.60. The maximum atomic E-state index is 5.64. The van der Waals surface area contributed by atoms with E-state index in [1.165, 1.54) is 6.42 Å². The molecule has 0 amide bonds. The summed E-state index contributed by atoms with van der Waals surface area (Å²) in [7, 11) is 0. The van der Waals surface area contributed by atoms with E-state index in [4.69, 9.17) is 4.74 Å². The lowest BCUT2D eigenvalue weighted by molar-refractivity contribution is 0.259. The Morgan fingerprint density at radius 1 is 1.57 bits per heavy atom. The van der Waals surface area contributed by atoms with E-state index in [0.717, 1.165) is 29.9 Å². The molecule has 1 N–H and O–H groups in total. The molecule has 0 aromatic carbocycles. The molecular weight excluding hydrogens is 244 g/mol. The molecule has 2 heterocycles. The highest BCUT2D eigenvalue weighted by Gasteiger charge is 2.14. The molecule has 1 saturated heterocycles. The van der Waals surface area contributed by atoms with Crippen LogP contribution in [0.1, 0.15) is 6.42 Å². The number of hydrogen-bond acceptors (Lipinski definition) is 3. The molecule has 0 spiro atoms. The molecule has 0 saturated carbocycles. The average molecular weight is 257 g/mol. The summed E-state index contributed by atoms with van der Waals surface area (Å²) in [6, 6.07) is 1.94. The molecule has 4 heteroatoms. The van der Waals surface area contributed by atoms with Gasteiger partial charge in [0.15, 0.2) is 0 Å². The Kier molecular flexibility index (Phi) is 3.37. The van der Waals surface area contributed by atoms with E-state index in [9.17, 15) is 0 Å². The van der Waals surface area contributed by atoms with Crippen LogP contribution in [0, 0.1) is 5.92 Å². The lowest BCUT2D eigenvalue weighted by Crippen LogP contribution is -2.15. The average Bonchev–Trinajstić information content (AvgIpc) is 2.67. The monoisotopic (exact) mass is 256 g/mol. The lowest BCUT2D eigenvalue weighted by atomic mass is 10.1. The van der Waals surface area contributed by atoms with Gasteiger partial charge in [-0.25, -0.2) is 0 Å². The van der Waals surface area contributed by atoms with E-state index in [0.29, 0.717) is 5.92 Å². The minimum atomic E-state index is 0.647. The van der Waals surface area contributed by atoms with Crippen molar-refractivity contribution < 1.29 is 4.74 Å². The molecule has 1 atom stereocenters. The number of ether oxygens (including phenoxy) is 1. The number of nitrogens with one attached hydrogen (secondary N) is 1. The highest BCUT2D eigenvalue weighted by atomic mass is 79.9. The quantitative estimate of drug-likeness (QED) is 0.897. The van der Waals surface area contributed by atoms with Crippen molar-refractivity contribution in [1.29, 1.82) is 0 Å². The van der Waals surface area contributed by atoms with Crippen LogP contribution >= 0.6 is 15.9 Å². The topological polar surface area (TPSA) is 34.1 Å². The first-order valence-electron chi connectivity index (χ1n) is 4.78. The largest absolute Gasteiger partial charge is 0.492 e. The highest BCUT2D eigenvalue weighted by Crippen LogP contribution is 2.17. The Labute approximate surface area is 92.0 Å². The van der Waals surface area contributed by atoms with Gasteiger partial charge in [0.05, 0.1) is 12.8 Å². The van der Waals surface area contributed by atoms with Crippen molar-refractivity contribution in [3.05, 3.63) is 22.9 Å². The van der Waals surface area contributed by atoms with Gasteiger partial charge in [-0.1, -0.05) is 0 Å². The third kappa shape index (κ3) is 2.69. The smallest absolute Gasteiger partial charge is 0.138 e. The molecule has 0 radical (unpaired) electrons. The summed E-state index contributed by atoms with van der Waals surface area (Å²) in [4.78, 5) is 4.04. The van der Waals surface area contributed by atoms with Crippen LogP contribution in [-0.4, -0.2) is 24.7 Å². The minimum Gasteiger partial charge on any atom is -0.492 e. The van der Waals surface area contributed by atoms with Crippen molar-refractivity contribution in [1.82, 2.24) is 10.3 Å². The Bertz CT molecular complexity index is 300. The molecule has 1 aromatic rings. The van der Waals surface area contributed by atoms with Crippen molar-refractivity contribution >= 4 is 15.9 Å². The molecule has 1 unspecified atom stereocenters. The van der Waals surface area contributed by atoms with Crippen molar-refractivity contribution in [2.45, 2.75) is 6.42 Å². The van der Waals surface area contributed by atoms with E-state index in [-0.39, 0.29) is 0 Å². The third-order valence-electron chi connectivity index (χ3n) is 2.33. The summed E-state index contributed by atoms with van der Waals surface area (Å²) in [5, 5.41) is 3.32. The van der Waals surface area contributed by atoms with E-state index in [1.807, 2.05) is 6.07 Å². The first kappa shape index (κ1) is 9.93. The van der Waals surface area contributed by atoms with Gasteiger partial charge in [0, 0.05) is 23.1 Å². The SMILES string of the molecule is Brc1cncc(OCC2CCNC2)c1. The van der Waals surface area contributed by atoms with Crippen LogP contribution in [0.15, 0.2) is 22.9 Å². The minimum absolute atomic E-state index is 0.647. The summed E-state index contributed by atoms with van der Waals surface area (Å²) >= 11 is 3.36. The predicted molar refractivity (Wildman–Crippen MR) is 58.4 cm³/mol. The number of nitrogens with zero attached hydrogens (tertiary/aromatic N) is 1. The molecule has 0 bridgehead atoms. The Hall–Kier alpha value is -0.610. The Morgan fingerprint density at radius 3 is 3.21 bits per heavy atom. The fourth-order valence-electron chi connectivity index (χ4n) is 1.54. The molecule has 1 aliphatic rings. The molecule has 2 rings (SSSR count). The normalized spacial score (nSPS) is 21.1. The summed E-state index contributed by atoms with van der Waals surface area (Å²) in [6.45, 7) is 2.97. The molecule has 76 valence electrons. The second-order valence-electron chi connectivity index (χ2n) is 3.51. The van der Waals surface area contributed by atoms with E-state index < -0.39 is 0 Å². The second kappa shape index (κ2) is 4.75. The number of hydrogen-bond donors (Lipinski definition) is 1. The van der Waals surface area contributed by atoms with Gasteiger partial charge >= 0.3 is 0 Å². The third-order valence-corrected chi connectivity index (χ3v) is 2.76. The zero-order chi connectivity index (χ0) is 9.80. The maximum Gasteiger partial charge on any atom is 0.138 e. The van der Waals surface area contributed by atoms with Crippen molar-refractivity contribution in [2.75, 3.05) is 19.7 Å². The molecule has 1 aromatic heterocycles. The molecule has 3 nitrogen and oxygen atoms in total. The number of halogens is 1. The van der Waals surface area contributed by atoms with Crippen LogP contribution in [0.4, 0.5) is 0 Å². The van der Waals surface area contributed by atoms with Gasteiger partial charge < -0.3 is 10.1 Å². The number of aromatic nitrogens is 1. The van der Waals surface area contributed by atoms with Crippen LogP contribution in [0.25, 0.3) is 0 Å². The molecule has 0 aliphatic carbocycles. The lowest BCUT2D eigenvalue weighted by Gasteiger charge is -2.10. The Balaban J connectivity index is 1.85. The standard InChI is InChI=1S/C10H13BrN2O/c11-9-3-10(6-13-5-9)14-7-8-1-2-12-4-8/h3,5-6,8,12H,1-2,4,7H2. The van der Waals surface area contributed by atoms with Gasteiger partial charge in [0.2, 0.25) is 0 Å². The van der Waals surface area contributed by atoms with E-state index in [1.54, 1.807) is 12.4 Å². The maximum absolute atomic E-state index is 5.64. The van der Waals surface area contributed by atoms with Gasteiger partial charge in [-0.05, 0) is 35.0 Å². The van der Waals surface area contributed by atoms with Gasteiger partial charge in [-0.15, -0.1) is 0 Å². The first-order chi connectivity index (χ1) is 6.84. The molecular formula is C10H13BrN2O. The fraction of sp³-hybridized carbons (Fsp3) is 0.500. The molecule has 14 heavy (non-hydrogen) atoms. The fourth-order valence-corrected chi connectivity index (χ4v) is 1.89. The second-order valence-corrected chi connectivity index (χ2v) is 4.42. The van der Waals surface area contributed by atoms with Crippen LogP contribution in [0.2, 0.25) is 0 Å². The summed E-state index contributed by atoms with van der Waals surface area (Å²) in [5.41, 5.74) is 0. The van der Waals surface area contributed by atoms with Crippen molar-refractivity contribution in [2.24, 2.45) is 5.92 Å². The summed E-state index contributed by atoms with van der Waals surface area (Å²) in [6.07, 6.45) is 4.71. The van der Waals surface area contributed by atoms with Gasteiger partial charge in [-0.2, -0.15) is 0 Å². The first-order valence-corrected chi connectivity index (χ1v) is 5.58. The number of rotatable bonds is 3. The summed E-state index contributed by atoms with van der Waals surface area (Å²) in [5.74, 6) is 1.49. The van der Waals surface area contributed by atoms with Crippen LogP contribution in [-0.2, 0) is 0 Å². The van der Waals surface area contributed by atoms with Crippen molar-refractivity contribution in [3.63, 3.8) is 0 Å². The van der Waals surface area contributed by atoms with Crippen LogP contribution in [0.3, 0.4) is 0 Å². The zero-order valence-corrected chi connectivity index (χ0v) is 9.46. The zero-order valence-electron chi connectivity index (χ0n) is 7.87. The predicted octanol–water partition coefficient (Wildman–Crippen LogP) is 1.83. The molecule has 1 aliphatic heterocycles. The van der Waals surface area contributed by atoms with Crippen LogP contribution < -0.4 is 10.1 Å². The molecule has 1 fully saturated rings. The Morgan fingerprint density at radius 2 is 2.50 bits per heavy atom. The number of pyridine rings is 1. The van der Waals surface area contributed by atoms with Gasteiger partial charge in [0.25, 0.3) is 0 Å². The van der Waals surface area contributed by atoms with Crippen LogP contribution in [0.5, 0.6) is 5.75 Å². The highest BCUT2D eigenvalue weighted by molar-refractivity contribution is 9.10.